The minimum atomic E-state index is -0.119. The molecule has 0 N–H and O–H groups in total. The summed E-state index contributed by atoms with van der Waals surface area (Å²) in [4.78, 5) is 12.4. The number of ketones is 1. The van der Waals surface area contributed by atoms with Gasteiger partial charge in [-0.2, -0.15) is 0 Å². The number of carbonyl (C=O) groups is 1. The maximum atomic E-state index is 12.4. The molecular formula is C29H48O2. The Morgan fingerprint density at radius 3 is 2.03 bits per heavy atom. The van der Waals surface area contributed by atoms with E-state index >= 15 is 0 Å². The van der Waals surface area contributed by atoms with Crippen molar-refractivity contribution in [2.24, 2.45) is 17.8 Å². The van der Waals surface area contributed by atoms with Crippen LogP contribution in [0.4, 0.5) is 0 Å². The molecule has 2 heteroatoms. The molecule has 0 spiro atoms. The number of ether oxygens (including phenoxy) is 1. The predicted molar refractivity (Wildman–Crippen MR) is 133 cm³/mol. The van der Waals surface area contributed by atoms with Crippen molar-refractivity contribution < 1.29 is 9.53 Å². The van der Waals surface area contributed by atoms with E-state index in [1.54, 1.807) is 0 Å². The molecule has 2 nitrogen and oxygen atoms in total. The second-order valence-electron chi connectivity index (χ2n) is 11.3. The highest BCUT2D eigenvalue weighted by Crippen LogP contribution is 2.43. The predicted octanol–water partition coefficient (Wildman–Crippen LogP) is 8.72. The lowest BCUT2D eigenvalue weighted by molar-refractivity contribution is -0.112. The highest BCUT2D eigenvalue weighted by molar-refractivity contribution is 6.12. The second kappa shape index (κ2) is 11.5. The molecule has 0 radical (unpaired) electrons. The van der Waals surface area contributed by atoms with Crippen LogP contribution in [0.15, 0.2) is 34.6 Å². The first-order valence-corrected chi connectivity index (χ1v) is 12.9. The van der Waals surface area contributed by atoms with E-state index in [-0.39, 0.29) is 11.4 Å². The van der Waals surface area contributed by atoms with Crippen LogP contribution in [0.3, 0.4) is 0 Å². The van der Waals surface area contributed by atoms with E-state index in [9.17, 15) is 4.79 Å². The number of hydrogen-bond donors (Lipinski definition) is 0. The molecule has 3 atom stereocenters. The van der Waals surface area contributed by atoms with E-state index in [0.717, 1.165) is 59.5 Å². The molecule has 0 saturated carbocycles. The number of carbonyl (C=O) groups excluding carboxylic acids is 1. The fraction of sp³-hybridized carbons (Fsp3) is 0.759. The Bertz CT molecular complexity index is 708. The summed E-state index contributed by atoms with van der Waals surface area (Å²) in [5.41, 5.74) is 3.37. The van der Waals surface area contributed by atoms with Gasteiger partial charge in [0.15, 0.2) is 5.78 Å². The number of Topliss-reactive ketones (excluding diaryl/α,β-unsaturated/α-hetero) is 1. The molecule has 0 aromatic heterocycles. The van der Waals surface area contributed by atoms with Crippen molar-refractivity contribution in [2.75, 3.05) is 0 Å². The molecule has 1 aliphatic heterocycles. The van der Waals surface area contributed by atoms with E-state index in [4.69, 9.17) is 4.74 Å². The van der Waals surface area contributed by atoms with Crippen molar-refractivity contribution in [3.05, 3.63) is 34.6 Å². The molecule has 0 fully saturated rings. The van der Waals surface area contributed by atoms with Crippen LogP contribution in [0.2, 0.25) is 0 Å². The van der Waals surface area contributed by atoms with Gasteiger partial charge in [-0.15, -0.1) is 0 Å². The van der Waals surface area contributed by atoms with E-state index in [2.05, 4.69) is 41.2 Å². The normalized spacial score (nSPS) is 23.9. The summed E-state index contributed by atoms with van der Waals surface area (Å²) < 4.78 is 6.54. The zero-order chi connectivity index (χ0) is 23.2. The third-order valence-electron chi connectivity index (χ3n) is 7.68. The van der Waals surface area contributed by atoms with Gasteiger partial charge in [0, 0.05) is 16.7 Å². The van der Waals surface area contributed by atoms with Gasteiger partial charge in [-0.25, -0.2) is 0 Å². The lowest BCUT2D eigenvalue weighted by Crippen LogP contribution is -2.35. The lowest BCUT2D eigenvalue weighted by atomic mass is 9.79. The topological polar surface area (TPSA) is 26.3 Å². The zero-order valence-corrected chi connectivity index (χ0v) is 21.5. The maximum absolute atomic E-state index is 12.4. The monoisotopic (exact) mass is 428 g/mol. The van der Waals surface area contributed by atoms with Gasteiger partial charge in [-0.1, -0.05) is 79.2 Å². The summed E-state index contributed by atoms with van der Waals surface area (Å²) in [7, 11) is 0. The van der Waals surface area contributed by atoms with Crippen molar-refractivity contribution in [3.63, 3.8) is 0 Å². The molecule has 2 aliphatic rings. The Morgan fingerprint density at radius 1 is 0.903 bits per heavy atom. The first-order chi connectivity index (χ1) is 14.5. The molecule has 0 aromatic carbocycles. The smallest absolute Gasteiger partial charge is 0.188 e. The molecule has 176 valence electrons. The van der Waals surface area contributed by atoms with Gasteiger partial charge >= 0.3 is 0 Å². The number of hydrogen-bond acceptors (Lipinski definition) is 2. The van der Waals surface area contributed by atoms with Crippen molar-refractivity contribution in [1.82, 2.24) is 0 Å². The minimum Gasteiger partial charge on any atom is -0.487 e. The molecular weight excluding hydrogens is 380 g/mol. The first kappa shape index (κ1) is 25.9. The lowest BCUT2D eigenvalue weighted by Gasteiger charge is -2.40. The quantitative estimate of drug-likeness (QED) is 0.290. The molecule has 31 heavy (non-hydrogen) atoms. The van der Waals surface area contributed by atoms with E-state index < -0.39 is 0 Å². The van der Waals surface area contributed by atoms with Crippen molar-refractivity contribution >= 4 is 5.78 Å². The summed E-state index contributed by atoms with van der Waals surface area (Å²) in [5, 5.41) is 0. The molecule has 1 heterocycles. The molecule has 1 aliphatic carbocycles. The third-order valence-corrected chi connectivity index (χ3v) is 7.68. The SMILES string of the molecule is C=C1C(=O)C(C)=C(C)C2=C1CC[C@@](C)(CCC[C@H](C)CCC[C@H](C)CCCC(C)C)O2. The summed E-state index contributed by atoms with van der Waals surface area (Å²) in [6, 6.07) is 0. The van der Waals surface area contributed by atoms with Crippen LogP contribution in [0, 0.1) is 17.8 Å². The van der Waals surface area contributed by atoms with Gasteiger partial charge in [0.2, 0.25) is 0 Å². The first-order valence-electron chi connectivity index (χ1n) is 12.9. The van der Waals surface area contributed by atoms with Crippen molar-refractivity contribution in [3.8, 4) is 0 Å². The van der Waals surface area contributed by atoms with Crippen LogP contribution in [0.5, 0.6) is 0 Å². The van der Waals surface area contributed by atoms with Gasteiger partial charge in [0.1, 0.15) is 11.4 Å². The molecule has 0 saturated heterocycles. The number of allylic oxidation sites excluding steroid dienone is 4. The third kappa shape index (κ3) is 7.36. The van der Waals surface area contributed by atoms with Crippen molar-refractivity contribution in [1.29, 1.82) is 0 Å². The highest BCUT2D eigenvalue weighted by Gasteiger charge is 2.38. The molecule has 0 amide bonds. The van der Waals surface area contributed by atoms with Gasteiger partial charge in [0.05, 0.1) is 0 Å². The van der Waals surface area contributed by atoms with Crippen LogP contribution in [0.1, 0.15) is 119 Å². The van der Waals surface area contributed by atoms with Crippen molar-refractivity contribution in [2.45, 2.75) is 125 Å². The Balaban J connectivity index is 1.72. The van der Waals surface area contributed by atoms with Crippen LogP contribution in [-0.4, -0.2) is 11.4 Å². The maximum Gasteiger partial charge on any atom is 0.188 e. The van der Waals surface area contributed by atoms with Gasteiger partial charge in [0.25, 0.3) is 0 Å². The summed E-state index contributed by atoms with van der Waals surface area (Å²) >= 11 is 0. The minimum absolute atomic E-state index is 0.0894. The molecule has 0 unspecified atom stereocenters. The second-order valence-corrected chi connectivity index (χ2v) is 11.3. The Kier molecular flexibility index (Phi) is 9.65. The zero-order valence-electron chi connectivity index (χ0n) is 21.5. The van der Waals surface area contributed by atoms with Gasteiger partial charge < -0.3 is 4.74 Å². The Morgan fingerprint density at radius 2 is 1.45 bits per heavy atom. The Labute approximate surface area is 192 Å². The molecule has 2 rings (SSSR count). The summed E-state index contributed by atoms with van der Waals surface area (Å²) in [6.45, 7) is 19.7. The summed E-state index contributed by atoms with van der Waals surface area (Å²) in [5.74, 6) is 3.54. The molecule has 0 bridgehead atoms. The summed E-state index contributed by atoms with van der Waals surface area (Å²) in [6.07, 6.45) is 13.7. The Hall–Kier alpha value is -1.31. The van der Waals surface area contributed by atoms with Gasteiger partial charge in [-0.05, 0) is 69.8 Å². The van der Waals surface area contributed by atoms with Gasteiger partial charge in [-0.3, -0.25) is 4.79 Å². The average molecular weight is 429 g/mol. The van der Waals surface area contributed by atoms with Crippen LogP contribution in [0.25, 0.3) is 0 Å². The molecule has 0 aromatic rings. The fourth-order valence-electron chi connectivity index (χ4n) is 5.14. The van der Waals surface area contributed by atoms with E-state index in [1.165, 1.54) is 51.4 Å². The van der Waals surface area contributed by atoms with Crippen LogP contribution < -0.4 is 0 Å². The number of rotatable bonds is 12. The fourth-order valence-corrected chi connectivity index (χ4v) is 5.14. The highest BCUT2D eigenvalue weighted by atomic mass is 16.5. The van der Waals surface area contributed by atoms with E-state index in [1.807, 2.05) is 13.8 Å². The standard InChI is InChI=1S/C29H48O2/c1-20(2)12-9-13-21(3)14-10-15-22(4)16-11-18-29(8)19-17-26-25(7)27(30)23(5)24(6)28(26)31-29/h20-22H,7,9-19H2,1-6,8H3/t21-,22-,29-/m1/s1. The average Bonchev–Trinajstić information content (AvgIpc) is 2.70. The largest absolute Gasteiger partial charge is 0.487 e. The van der Waals surface area contributed by atoms with Crippen LogP contribution >= 0.6 is 0 Å². The van der Waals surface area contributed by atoms with E-state index in [0.29, 0.717) is 5.57 Å². The van der Waals surface area contributed by atoms with Crippen LogP contribution in [-0.2, 0) is 9.53 Å².